The Balaban J connectivity index is 1.28. The van der Waals surface area contributed by atoms with Crippen molar-refractivity contribution < 1.29 is 4.42 Å². The van der Waals surface area contributed by atoms with Gasteiger partial charge in [-0.3, -0.25) is 0 Å². The van der Waals surface area contributed by atoms with Crippen molar-refractivity contribution in [1.82, 2.24) is 9.13 Å². The monoisotopic (exact) mass is 604 g/mol. The van der Waals surface area contributed by atoms with Gasteiger partial charge in [0.15, 0.2) is 0 Å². The number of hydrogen-bond donors (Lipinski definition) is 0. The first kappa shape index (κ1) is 24.5. The maximum absolute atomic E-state index is 6.21. The quantitative estimate of drug-likeness (QED) is 0.192. The molecule has 11 rings (SSSR count). The van der Waals surface area contributed by atoms with Crippen LogP contribution in [0.3, 0.4) is 0 Å². The fraction of sp³-hybridized carbons (Fsp3) is 0. The zero-order valence-electron chi connectivity index (χ0n) is 24.6. The van der Waals surface area contributed by atoms with Crippen molar-refractivity contribution in [2.45, 2.75) is 0 Å². The zero-order chi connectivity index (χ0) is 29.9. The van der Waals surface area contributed by atoms with E-state index in [1.165, 1.54) is 69.5 Å². The third-order valence-electron chi connectivity index (χ3n) is 9.71. The van der Waals surface area contributed by atoms with E-state index in [9.17, 15) is 0 Å². The Labute approximate surface area is 266 Å². The number of furan rings is 1. The van der Waals surface area contributed by atoms with Gasteiger partial charge in [-0.25, -0.2) is 0 Å². The first-order chi connectivity index (χ1) is 22.8. The lowest BCUT2D eigenvalue weighted by molar-refractivity contribution is 0.669. The number of fused-ring (bicyclic) bond motifs is 13. The molecule has 3 nitrogen and oxygen atoms in total. The summed E-state index contributed by atoms with van der Waals surface area (Å²) in [5.74, 6) is 0. The molecule has 4 aromatic heterocycles. The SMILES string of the molecule is c1ccc2c(c1)oc1ccc(-n3c4ccc(-n5c6ccccc6c6ccccc65)cc4c4c5sc6ccccc6c5ccc43)cc12. The predicted octanol–water partition coefficient (Wildman–Crippen LogP) is 12.1. The maximum atomic E-state index is 6.21. The summed E-state index contributed by atoms with van der Waals surface area (Å²) < 4.78 is 13.7. The number of nitrogens with zero attached hydrogens (tertiary/aromatic N) is 2. The van der Waals surface area contributed by atoms with E-state index in [1.807, 2.05) is 23.5 Å². The lowest BCUT2D eigenvalue weighted by atomic mass is 10.1. The van der Waals surface area contributed by atoms with Gasteiger partial charge in [0.2, 0.25) is 0 Å². The topological polar surface area (TPSA) is 23.0 Å². The van der Waals surface area contributed by atoms with Crippen molar-refractivity contribution >= 4 is 97.1 Å². The van der Waals surface area contributed by atoms with Crippen LogP contribution < -0.4 is 0 Å². The van der Waals surface area contributed by atoms with E-state index >= 15 is 0 Å². The molecule has 0 aliphatic carbocycles. The summed E-state index contributed by atoms with van der Waals surface area (Å²) >= 11 is 1.89. The van der Waals surface area contributed by atoms with Crippen molar-refractivity contribution in [3.05, 3.63) is 146 Å². The molecule has 0 fully saturated rings. The van der Waals surface area contributed by atoms with Crippen LogP contribution in [0, 0.1) is 0 Å². The molecule has 0 spiro atoms. The van der Waals surface area contributed by atoms with Crippen molar-refractivity contribution in [1.29, 1.82) is 0 Å². The second-order valence-corrected chi connectivity index (χ2v) is 13.2. The van der Waals surface area contributed by atoms with Gasteiger partial charge in [-0.2, -0.15) is 0 Å². The Morgan fingerprint density at radius 2 is 0.957 bits per heavy atom. The van der Waals surface area contributed by atoms with Crippen LogP contribution in [0.2, 0.25) is 0 Å². The van der Waals surface area contributed by atoms with Gasteiger partial charge >= 0.3 is 0 Å². The highest BCUT2D eigenvalue weighted by Crippen LogP contribution is 2.45. The fourth-order valence-corrected chi connectivity index (χ4v) is 9.00. The second kappa shape index (κ2) is 8.87. The van der Waals surface area contributed by atoms with E-state index in [0.717, 1.165) is 27.6 Å². The number of para-hydroxylation sites is 3. The van der Waals surface area contributed by atoms with Crippen molar-refractivity contribution in [2.24, 2.45) is 0 Å². The van der Waals surface area contributed by atoms with Crippen molar-refractivity contribution in [3.63, 3.8) is 0 Å². The summed E-state index contributed by atoms with van der Waals surface area (Å²) in [6, 6.07) is 52.8. The minimum atomic E-state index is 0.909. The molecule has 0 saturated carbocycles. The Morgan fingerprint density at radius 1 is 0.391 bits per heavy atom. The van der Waals surface area contributed by atoms with E-state index in [4.69, 9.17) is 4.42 Å². The van der Waals surface area contributed by atoms with Crippen LogP contribution in [0.5, 0.6) is 0 Å². The van der Waals surface area contributed by atoms with Crippen LogP contribution in [-0.4, -0.2) is 9.13 Å². The molecule has 0 bridgehead atoms. The minimum absolute atomic E-state index is 0.909. The molecule has 46 heavy (non-hydrogen) atoms. The molecule has 0 N–H and O–H groups in total. The average molecular weight is 605 g/mol. The van der Waals surface area contributed by atoms with E-state index in [0.29, 0.717) is 0 Å². The largest absolute Gasteiger partial charge is 0.456 e. The summed E-state index contributed by atoms with van der Waals surface area (Å²) in [5.41, 5.74) is 8.96. The number of benzene rings is 7. The van der Waals surface area contributed by atoms with Crippen LogP contribution in [0.4, 0.5) is 0 Å². The molecular formula is C42H24N2OS. The molecular weight excluding hydrogens is 581 g/mol. The summed E-state index contributed by atoms with van der Waals surface area (Å²) in [6.45, 7) is 0. The molecule has 4 heteroatoms. The van der Waals surface area contributed by atoms with Crippen LogP contribution in [0.1, 0.15) is 0 Å². The predicted molar refractivity (Wildman–Crippen MR) is 195 cm³/mol. The molecule has 11 aromatic rings. The van der Waals surface area contributed by atoms with Gasteiger partial charge in [0.25, 0.3) is 0 Å². The number of thiophene rings is 1. The van der Waals surface area contributed by atoms with E-state index < -0.39 is 0 Å². The van der Waals surface area contributed by atoms with Crippen LogP contribution in [0.15, 0.2) is 150 Å². The third-order valence-corrected chi connectivity index (χ3v) is 10.9. The van der Waals surface area contributed by atoms with Gasteiger partial charge < -0.3 is 13.6 Å². The number of hydrogen-bond acceptors (Lipinski definition) is 2. The van der Waals surface area contributed by atoms with Gasteiger partial charge in [0, 0.05) is 63.9 Å². The van der Waals surface area contributed by atoms with E-state index in [2.05, 4.69) is 143 Å². The summed E-state index contributed by atoms with van der Waals surface area (Å²) in [4.78, 5) is 0. The second-order valence-electron chi connectivity index (χ2n) is 12.1. The van der Waals surface area contributed by atoms with Gasteiger partial charge in [-0.15, -0.1) is 11.3 Å². The van der Waals surface area contributed by atoms with Crippen molar-refractivity contribution in [3.8, 4) is 11.4 Å². The Hall–Kier alpha value is -5.84. The average Bonchev–Trinajstić information content (AvgIpc) is 3.85. The summed E-state index contributed by atoms with van der Waals surface area (Å²) in [5, 5.41) is 9.99. The standard InChI is InChI=1S/C42H24N2OS/c1-5-13-34-27(9-1)28-10-2-6-14-35(28)43(34)25-17-20-36-33(24-25)41-37(21-19-31-30-12-4-8-16-40(30)46-42(31)41)44(36)26-18-22-39-32(23-26)29-11-3-7-15-38(29)45-39/h1-24H. The Kier molecular flexibility index (Phi) is 4.72. The zero-order valence-corrected chi connectivity index (χ0v) is 25.4. The molecule has 0 saturated heterocycles. The summed E-state index contributed by atoms with van der Waals surface area (Å²) in [7, 11) is 0. The maximum Gasteiger partial charge on any atom is 0.135 e. The molecule has 0 unspecified atom stereocenters. The normalized spacial score (nSPS) is 12.3. The smallest absolute Gasteiger partial charge is 0.135 e. The van der Waals surface area contributed by atoms with E-state index in [-0.39, 0.29) is 0 Å². The molecule has 0 atom stereocenters. The molecule has 0 aliphatic heterocycles. The van der Waals surface area contributed by atoms with E-state index in [1.54, 1.807) is 0 Å². The first-order valence-corrected chi connectivity index (χ1v) is 16.4. The minimum Gasteiger partial charge on any atom is -0.456 e. The molecule has 7 aromatic carbocycles. The van der Waals surface area contributed by atoms with Crippen LogP contribution >= 0.6 is 11.3 Å². The lowest BCUT2D eigenvalue weighted by Crippen LogP contribution is -1.95. The number of aromatic nitrogens is 2. The number of rotatable bonds is 2. The van der Waals surface area contributed by atoms with Gasteiger partial charge in [-0.1, -0.05) is 78.9 Å². The van der Waals surface area contributed by atoms with Crippen molar-refractivity contribution in [2.75, 3.05) is 0 Å². The third kappa shape index (κ3) is 3.16. The molecule has 0 aliphatic rings. The molecule has 4 heterocycles. The van der Waals surface area contributed by atoms with Crippen LogP contribution in [-0.2, 0) is 0 Å². The molecule has 0 radical (unpaired) electrons. The van der Waals surface area contributed by atoms with Gasteiger partial charge in [0.1, 0.15) is 11.2 Å². The Morgan fingerprint density at radius 3 is 1.76 bits per heavy atom. The highest BCUT2D eigenvalue weighted by molar-refractivity contribution is 7.26. The summed E-state index contributed by atoms with van der Waals surface area (Å²) in [6.07, 6.45) is 0. The highest BCUT2D eigenvalue weighted by Gasteiger charge is 2.20. The molecule has 0 amide bonds. The lowest BCUT2D eigenvalue weighted by Gasteiger charge is -2.10. The van der Waals surface area contributed by atoms with Gasteiger partial charge in [-0.05, 0) is 66.7 Å². The van der Waals surface area contributed by atoms with Crippen LogP contribution in [0.25, 0.3) is 97.1 Å². The van der Waals surface area contributed by atoms with Gasteiger partial charge in [0.05, 0.1) is 22.1 Å². The first-order valence-electron chi connectivity index (χ1n) is 15.6. The highest BCUT2D eigenvalue weighted by atomic mass is 32.1. The Bertz CT molecular complexity index is 2990. The fourth-order valence-electron chi connectivity index (χ4n) is 7.75. The molecule has 214 valence electrons.